The van der Waals surface area contributed by atoms with Gasteiger partial charge in [0.2, 0.25) is 0 Å². The summed E-state index contributed by atoms with van der Waals surface area (Å²) in [6.07, 6.45) is 8.41. The number of nitrogens with two attached hydrogens (primary N) is 1. The zero-order valence-corrected chi connectivity index (χ0v) is 10.4. The lowest BCUT2D eigenvalue weighted by atomic mass is 10.0. The van der Waals surface area contributed by atoms with E-state index >= 15 is 0 Å². The van der Waals surface area contributed by atoms with Gasteiger partial charge < -0.3 is 10.2 Å². The van der Waals surface area contributed by atoms with E-state index in [0.29, 0.717) is 5.41 Å². The smallest absolute Gasteiger partial charge is 0.117 e. The van der Waals surface area contributed by atoms with Crippen molar-refractivity contribution in [3.05, 3.63) is 24.2 Å². The van der Waals surface area contributed by atoms with Gasteiger partial charge in [-0.2, -0.15) is 0 Å². The Hall–Kier alpha value is -0.800. The maximum Gasteiger partial charge on any atom is 0.117 e. The van der Waals surface area contributed by atoms with Crippen LogP contribution in [0.5, 0.6) is 0 Å². The van der Waals surface area contributed by atoms with Crippen LogP contribution in [0.1, 0.15) is 37.9 Å². The number of rotatable bonds is 7. The molecule has 2 fully saturated rings. The molecule has 0 radical (unpaired) electrons. The van der Waals surface area contributed by atoms with E-state index in [2.05, 4.69) is 11.0 Å². The van der Waals surface area contributed by atoms with Crippen molar-refractivity contribution in [3.63, 3.8) is 0 Å². The van der Waals surface area contributed by atoms with Gasteiger partial charge >= 0.3 is 0 Å². The molecule has 2 N–H and O–H groups in total. The molecule has 0 bridgehead atoms. The van der Waals surface area contributed by atoms with E-state index < -0.39 is 0 Å². The summed E-state index contributed by atoms with van der Waals surface area (Å²) in [5.74, 6) is 1.10. The molecule has 3 heteroatoms. The molecule has 94 valence electrons. The molecule has 0 atom stereocenters. The molecule has 3 nitrogen and oxygen atoms in total. The van der Waals surface area contributed by atoms with Crippen LogP contribution in [0.15, 0.2) is 22.8 Å². The van der Waals surface area contributed by atoms with Gasteiger partial charge in [-0.15, -0.1) is 0 Å². The Morgan fingerprint density at radius 1 is 1.41 bits per heavy atom. The Balaban J connectivity index is 1.60. The molecule has 2 saturated carbocycles. The summed E-state index contributed by atoms with van der Waals surface area (Å²) < 4.78 is 5.47. The maximum atomic E-state index is 5.72. The fourth-order valence-corrected chi connectivity index (χ4v) is 2.76. The van der Waals surface area contributed by atoms with Crippen LogP contribution in [0.2, 0.25) is 0 Å². The van der Waals surface area contributed by atoms with Gasteiger partial charge in [0.1, 0.15) is 5.76 Å². The topological polar surface area (TPSA) is 42.4 Å². The minimum atomic E-state index is 0.546. The summed E-state index contributed by atoms with van der Waals surface area (Å²) in [5.41, 5.74) is 6.27. The van der Waals surface area contributed by atoms with E-state index in [-0.39, 0.29) is 0 Å². The lowest BCUT2D eigenvalue weighted by Gasteiger charge is -2.26. The van der Waals surface area contributed by atoms with E-state index in [1.807, 2.05) is 6.07 Å². The second kappa shape index (κ2) is 4.46. The van der Waals surface area contributed by atoms with Crippen molar-refractivity contribution in [2.45, 2.75) is 44.7 Å². The number of hydrogen-bond donors (Lipinski definition) is 1. The first-order valence-corrected chi connectivity index (χ1v) is 6.78. The van der Waals surface area contributed by atoms with E-state index in [0.717, 1.165) is 24.9 Å². The molecule has 17 heavy (non-hydrogen) atoms. The zero-order chi connectivity index (χ0) is 11.7. The summed E-state index contributed by atoms with van der Waals surface area (Å²) in [7, 11) is 0. The molecule has 0 spiro atoms. The highest BCUT2D eigenvalue weighted by atomic mass is 16.3. The van der Waals surface area contributed by atoms with Gasteiger partial charge in [0.15, 0.2) is 0 Å². The second-order valence-electron chi connectivity index (χ2n) is 5.75. The highest BCUT2D eigenvalue weighted by Crippen LogP contribution is 2.50. The predicted octanol–water partition coefficient (Wildman–Crippen LogP) is 2.37. The van der Waals surface area contributed by atoms with Crippen molar-refractivity contribution in [2.75, 3.05) is 13.1 Å². The van der Waals surface area contributed by atoms with Crippen molar-refractivity contribution in [3.8, 4) is 0 Å². The first-order chi connectivity index (χ1) is 8.31. The predicted molar refractivity (Wildman–Crippen MR) is 67.5 cm³/mol. The largest absolute Gasteiger partial charge is 0.468 e. The summed E-state index contributed by atoms with van der Waals surface area (Å²) in [6.45, 7) is 3.03. The van der Waals surface area contributed by atoms with Crippen LogP contribution in [0.3, 0.4) is 0 Å². The monoisotopic (exact) mass is 234 g/mol. The van der Waals surface area contributed by atoms with E-state index in [1.54, 1.807) is 6.26 Å². The van der Waals surface area contributed by atoms with Crippen LogP contribution in [-0.2, 0) is 6.54 Å². The first kappa shape index (κ1) is 11.3. The molecule has 0 unspecified atom stereocenters. The number of furan rings is 1. The van der Waals surface area contributed by atoms with Gasteiger partial charge in [0.25, 0.3) is 0 Å². The minimum Gasteiger partial charge on any atom is -0.468 e. The van der Waals surface area contributed by atoms with Crippen LogP contribution in [0.25, 0.3) is 0 Å². The molecule has 1 heterocycles. The molecule has 0 aliphatic heterocycles. The first-order valence-electron chi connectivity index (χ1n) is 6.78. The highest BCUT2D eigenvalue weighted by Gasteiger charge is 2.45. The third kappa shape index (κ3) is 2.72. The maximum absolute atomic E-state index is 5.72. The SMILES string of the molecule is NCCC1(CN(Cc2ccco2)C2CC2)CC1. The van der Waals surface area contributed by atoms with Crippen LogP contribution in [0, 0.1) is 5.41 Å². The van der Waals surface area contributed by atoms with E-state index in [1.165, 1.54) is 38.6 Å². The average Bonchev–Trinajstić information content (AvgIpc) is 3.22. The van der Waals surface area contributed by atoms with E-state index in [9.17, 15) is 0 Å². The quantitative estimate of drug-likeness (QED) is 0.787. The van der Waals surface area contributed by atoms with Crippen molar-refractivity contribution >= 4 is 0 Å². The molecular weight excluding hydrogens is 212 g/mol. The lowest BCUT2D eigenvalue weighted by Crippen LogP contribution is -2.33. The fraction of sp³-hybridized carbons (Fsp3) is 0.714. The Bertz CT molecular complexity index is 352. The summed E-state index contributed by atoms with van der Waals surface area (Å²) >= 11 is 0. The lowest BCUT2D eigenvalue weighted by molar-refractivity contribution is 0.183. The highest BCUT2D eigenvalue weighted by molar-refractivity contribution is 5.03. The summed E-state index contributed by atoms with van der Waals surface area (Å²) in [4.78, 5) is 2.61. The number of hydrogen-bond acceptors (Lipinski definition) is 3. The van der Waals surface area contributed by atoms with Gasteiger partial charge in [-0.3, -0.25) is 4.90 Å². The standard InChI is InChI=1S/C14H22N2O/c15-8-7-14(5-6-14)11-16(12-3-4-12)10-13-2-1-9-17-13/h1-2,9,12H,3-8,10-11,15H2. The van der Waals surface area contributed by atoms with Crippen LogP contribution in [-0.4, -0.2) is 24.0 Å². The second-order valence-corrected chi connectivity index (χ2v) is 5.75. The number of nitrogens with zero attached hydrogens (tertiary/aromatic N) is 1. The fourth-order valence-electron chi connectivity index (χ4n) is 2.76. The molecule has 2 aliphatic rings. The summed E-state index contributed by atoms with van der Waals surface area (Å²) in [6, 6.07) is 4.86. The normalized spacial score (nSPS) is 22.0. The minimum absolute atomic E-state index is 0.546. The van der Waals surface area contributed by atoms with Crippen molar-refractivity contribution in [2.24, 2.45) is 11.1 Å². The molecular formula is C14H22N2O. The van der Waals surface area contributed by atoms with Gasteiger partial charge in [-0.05, 0) is 56.2 Å². The Morgan fingerprint density at radius 2 is 2.24 bits per heavy atom. The third-order valence-corrected chi connectivity index (χ3v) is 4.17. The molecule has 0 amide bonds. The Labute approximate surface area is 103 Å². The van der Waals surface area contributed by atoms with Gasteiger partial charge in [0, 0.05) is 12.6 Å². The third-order valence-electron chi connectivity index (χ3n) is 4.17. The van der Waals surface area contributed by atoms with Crippen molar-refractivity contribution < 1.29 is 4.42 Å². The molecule has 1 aromatic heterocycles. The Kier molecular flexibility index (Phi) is 2.97. The van der Waals surface area contributed by atoms with Gasteiger partial charge in [-0.1, -0.05) is 0 Å². The van der Waals surface area contributed by atoms with Crippen LogP contribution in [0.4, 0.5) is 0 Å². The van der Waals surface area contributed by atoms with E-state index in [4.69, 9.17) is 10.2 Å². The molecule has 0 aromatic carbocycles. The van der Waals surface area contributed by atoms with Crippen molar-refractivity contribution in [1.29, 1.82) is 0 Å². The molecule has 1 aromatic rings. The van der Waals surface area contributed by atoms with Crippen molar-refractivity contribution in [1.82, 2.24) is 4.90 Å². The Morgan fingerprint density at radius 3 is 2.76 bits per heavy atom. The zero-order valence-electron chi connectivity index (χ0n) is 10.4. The van der Waals surface area contributed by atoms with Crippen LogP contribution < -0.4 is 5.73 Å². The van der Waals surface area contributed by atoms with Crippen LogP contribution >= 0.6 is 0 Å². The molecule has 3 rings (SSSR count). The molecule has 0 saturated heterocycles. The molecule has 2 aliphatic carbocycles. The average molecular weight is 234 g/mol. The summed E-state index contributed by atoms with van der Waals surface area (Å²) in [5, 5.41) is 0. The van der Waals surface area contributed by atoms with Gasteiger partial charge in [-0.25, -0.2) is 0 Å². The van der Waals surface area contributed by atoms with Gasteiger partial charge in [0.05, 0.1) is 12.8 Å².